The van der Waals surface area contributed by atoms with Gasteiger partial charge in [-0.1, -0.05) is 23.7 Å². The second kappa shape index (κ2) is 10.2. The zero-order valence-electron chi connectivity index (χ0n) is 20.7. The summed E-state index contributed by atoms with van der Waals surface area (Å²) in [6.45, 7) is 4.05. The van der Waals surface area contributed by atoms with Gasteiger partial charge in [-0.15, -0.1) is 11.8 Å². The SMILES string of the molecule is CCOc1ccc(NC(=O)[C@@H]2[C@@H]3CCC4(S3)C(C(=O)Nc3c(C)cccc3Cl)N(CCO)C(=O)[C@H]24)cc1. The van der Waals surface area contributed by atoms with E-state index in [9.17, 15) is 19.5 Å². The number of likely N-dealkylation sites (tertiary alicyclic amines) is 1. The van der Waals surface area contributed by atoms with E-state index in [2.05, 4.69) is 10.6 Å². The van der Waals surface area contributed by atoms with Gasteiger partial charge in [-0.25, -0.2) is 0 Å². The zero-order chi connectivity index (χ0) is 26.3. The Morgan fingerprint density at radius 3 is 2.62 bits per heavy atom. The van der Waals surface area contributed by atoms with Crippen molar-refractivity contribution < 1.29 is 24.2 Å². The molecular weight excluding hydrogens is 514 g/mol. The summed E-state index contributed by atoms with van der Waals surface area (Å²) in [5.41, 5.74) is 1.94. The Morgan fingerprint density at radius 2 is 1.95 bits per heavy atom. The fourth-order valence-corrected chi connectivity index (χ4v) is 8.60. The molecule has 0 radical (unpaired) electrons. The highest BCUT2D eigenvalue weighted by molar-refractivity contribution is 8.02. The summed E-state index contributed by atoms with van der Waals surface area (Å²) in [7, 11) is 0. The maximum Gasteiger partial charge on any atom is 0.248 e. The normalized spacial score (nSPS) is 27.8. The van der Waals surface area contributed by atoms with Crippen molar-refractivity contribution in [1.29, 1.82) is 0 Å². The van der Waals surface area contributed by atoms with E-state index < -0.39 is 22.6 Å². The molecule has 196 valence electrons. The van der Waals surface area contributed by atoms with Gasteiger partial charge in [-0.3, -0.25) is 14.4 Å². The third kappa shape index (κ3) is 4.36. The summed E-state index contributed by atoms with van der Waals surface area (Å²) in [5.74, 6) is -1.34. The van der Waals surface area contributed by atoms with Crippen molar-refractivity contribution in [2.45, 2.75) is 42.7 Å². The van der Waals surface area contributed by atoms with Crippen molar-refractivity contribution in [3.63, 3.8) is 0 Å². The minimum Gasteiger partial charge on any atom is -0.494 e. The van der Waals surface area contributed by atoms with Crippen LogP contribution in [-0.2, 0) is 14.4 Å². The Hall–Kier alpha value is -2.75. The van der Waals surface area contributed by atoms with Crippen LogP contribution in [0, 0.1) is 18.8 Å². The summed E-state index contributed by atoms with van der Waals surface area (Å²) < 4.78 is 4.73. The average Bonchev–Trinajstić information content (AvgIpc) is 3.51. The Labute approximate surface area is 225 Å². The molecule has 10 heteroatoms. The van der Waals surface area contributed by atoms with Crippen molar-refractivity contribution in [2.24, 2.45) is 11.8 Å². The topological polar surface area (TPSA) is 108 Å². The van der Waals surface area contributed by atoms with Gasteiger partial charge in [0.1, 0.15) is 11.8 Å². The molecule has 2 bridgehead atoms. The lowest BCUT2D eigenvalue weighted by Crippen LogP contribution is -2.52. The van der Waals surface area contributed by atoms with Crippen LogP contribution in [-0.4, -0.2) is 63.5 Å². The van der Waals surface area contributed by atoms with Crippen molar-refractivity contribution in [3.8, 4) is 5.75 Å². The number of anilines is 2. The van der Waals surface area contributed by atoms with E-state index in [0.717, 1.165) is 12.0 Å². The van der Waals surface area contributed by atoms with Crippen LogP contribution in [0.15, 0.2) is 42.5 Å². The molecule has 8 nitrogen and oxygen atoms in total. The van der Waals surface area contributed by atoms with Crippen molar-refractivity contribution in [3.05, 3.63) is 53.1 Å². The molecule has 0 saturated carbocycles. The largest absolute Gasteiger partial charge is 0.494 e. The van der Waals surface area contributed by atoms with Gasteiger partial charge in [-0.2, -0.15) is 0 Å². The first kappa shape index (κ1) is 25.9. The van der Waals surface area contributed by atoms with Gasteiger partial charge in [0.2, 0.25) is 17.7 Å². The molecule has 5 atom stereocenters. The second-order valence-electron chi connectivity index (χ2n) is 9.68. The van der Waals surface area contributed by atoms with Gasteiger partial charge in [0.25, 0.3) is 0 Å². The van der Waals surface area contributed by atoms with Crippen LogP contribution in [0.5, 0.6) is 5.75 Å². The van der Waals surface area contributed by atoms with Gasteiger partial charge in [0.15, 0.2) is 0 Å². The maximum absolute atomic E-state index is 13.8. The van der Waals surface area contributed by atoms with E-state index in [1.807, 2.05) is 19.9 Å². The number of aliphatic hydroxyl groups excluding tert-OH is 1. The Bertz CT molecular complexity index is 1200. The molecule has 1 spiro atoms. The monoisotopic (exact) mass is 543 g/mol. The summed E-state index contributed by atoms with van der Waals surface area (Å²) in [6, 6.07) is 11.7. The lowest BCUT2D eigenvalue weighted by Gasteiger charge is -2.34. The lowest BCUT2D eigenvalue weighted by molar-refractivity contribution is -0.138. The van der Waals surface area contributed by atoms with Crippen molar-refractivity contribution in [2.75, 3.05) is 30.4 Å². The fourth-order valence-electron chi connectivity index (χ4n) is 6.11. The number of carbonyl (C=O) groups excluding carboxylic acids is 3. The molecule has 3 saturated heterocycles. The van der Waals surface area contributed by atoms with Crippen LogP contribution in [0.4, 0.5) is 11.4 Å². The first-order valence-corrected chi connectivity index (χ1v) is 13.8. The molecule has 2 aromatic rings. The van der Waals surface area contributed by atoms with Crippen LogP contribution in [0.2, 0.25) is 5.02 Å². The molecule has 2 unspecified atom stereocenters. The number of carbonyl (C=O) groups is 3. The first-order chi connectivity index (χ1) is 17.8. The number of aliphatic hydroxyl groups is 1. The number of rotatable bonds is 8. The van der Waals surface area contributed by atoms with Gasteiger partial charge >= 0.3 is 0 Å². The van der Waals surface area contributed by atoms with Gasteiger partial charge < -0.3 is 25.4 Å². The number of aryl methyl sites for hydroxylation is 1. The first-order valence-electron chi connectivity index (χ1n) is 12.5. The number of thioether (sulfide) groups is 1. The molecule has 0 aliphatic carbocycles. The Morgan fingerprint density at radius 1 is 1.19 bits per heavy atom. The highest BCUT2D eigenvalue weighted by atomic mass is 35.5. The number of nitrogens with one attached hydrogen (secondary N) is 2. The minimum absolute atomic E-state index is 0.0229. The minimum atomic E-state index is -0.814. The number of hydrogen-bond donors (Lipinski definition) is 3. The predicted molar refractivity (Wildman–Crippen MR) is 144 cm³/mol. The van der Waals surface area contributed by atoms with Gasteiger partial charge in [0.05, 0.1) is 40.5 Å². The van der Waals surface area contributed by atoms with Crippen LogP contribution < -0.4 is 15.4 Å². The maximum atomic E-state index is 13.8. The molecule has 3 fully saturated rings. The number of amides is 3. The molecule has 0 aromatic heterocycles. The number of benzene rings is 2. The number of para-hydroxylation sites is 1. The van der Waals surface area contributed by atoms with E-state index in [-0.39, 0.29) is 36.1 Å². The van der Waals surface area contributed by atoms with Crippen molar-refractivity contribution in [1.82, 2.24) is 4.90 Å². The fraction of sp³-hybridized carbons (Fsp3) is 0.444. The van der Waals surface area contributed by atoms with E-state index in [0.29, 0.717) is 35.2 Å². The number of fused-ring (bicyclic) bond motifs is 1. The molecular formula is C27H30ClN3O5S. The van der Waals surface area contributed by atoms with E-state index in [1.165, 1.54) is 4.90 Å². The number of ether oxygens (including phenoxy) is 1. The van der Waals surface area contributed by atoms with Crippen LogP contribution in [0.1, 0.15) is 25.3 Å². The molecule has 3 heterocycles. The molecule has 3 N–H and O–H groups in total. The molecule has 37 heavy (non-hydrogen) atoms. The number of hydrogen-bond acceptors (Lipinski definition) is 6. The summed E-state index contributed by atoms with van der Waals surface area (Å²) >= 11 is 7.94. The van der Waals surface area contributed by atoms with Crippen molar-refractivity contribution >= 4 is 52.5 Å². The molecule has 3 amide bonds. The van der Waals surface area contributed by atoms with E-state index in [1.54, 1.807) is 48.2 Å². The Balaban J connectivity index is 1.42. The third-order valence-corrected chi connectivity index (χ3v) is 9.86. The standard InChI is InChI=1S/C27H30ClN3O5S/c1-3-36-17-9-7-16(8-10-17)29-24(33)20-19-11-12-27(37-19)21(20)26(35)31(13-14-32)23(27)25(34)30-22-15(2)5-4-6-18(22)28/h4-10,19-21,23,32H,3,11-14H2,1-2H3,(H,29,33)(H,30,34)/t19-,20+,21-,23?,27?/m0/s1. The average molecular weight is 544 g/mol. The quantitative estimate of drug-likeness (QED) is 0.468. The lowest BCUT2D eigenvalue weighted by atomic mass is 9.70. The van der Waals surface area contributed by atoms with Gasteiger partial charge in [-0.05, 0) is 62.6 Å². The summed E-state index contributed by atoms with van der Waals surface area (Å²) in [4.78, 5) is 42.5. The second-order valence-corrected chi connectivity index (χ2v) is 11.7. The zero-order valence-corrected chi connectivity index (χ0v) is 22.3. The molecule has 3 aliphatic rings. The number of β-amino-alcohol motifs (C(OH)–C–C–N with tert-alkyl or cyclic N) is 1. The number of nitrogens with zero attached hydrogens (tertiary/aromatic N) is 1. The predicted octanol–water partition coefficient (Wildman–Crippen LogP) is 3.71. The van der Waals surface area contributed by atoms with E-state index in [4.69, 9.17) is 16.3 Å². The smallest absolute Gasteiger partial charge is 0.248 e. The van der Waals surface area contributed by atoms with Gasteiger partial charge in [0, 0.05) is 17.5 Å². The van der Waals surface area contributed by atoms with Crippen LogP contribution in [0.3, 0.4) is 0 Å². The van der Waals surface area contributed by atoms with Crippen LogP contribution >= 0.6 is 23.4 Å². The molecule has 2 aromatic carbocycles. The Kier molecular flexibility index (Phi) is 7.13. The highest BCUT2D eigenvalue weighted by Crippen LogP contribution is 2.66. The molecule has 3 aliphatic heterocycles. The third-order valence-electron chi connectivity index (χ3n) is 7.60. The van der Waals surface area contributed by atoms with Crippen LogP contribution in [0.25, 0.3) is 0 Å². The summed E-state index contributed by atoms with van der Waals surface area (Å²) in [6.07, 6.45) is 1.38. The van der Waals surface area contributed by atoms with E-state index >= 15 is 0 Å². The highest BCUT2D eigenvalue weighted by Gasteiger charge is 2.73. The number of halogens is 1. The molecule has 5 rings (SSSR count). The summed E-state index contributed by atoms with van der Waals surface area (Å²) in [5, 5.41) is 16.0.